The number of Topliss-reactive ketones (excluding diaryl/α,β-unsaturated/α-hetero) is 1. The smallest absolute Gasteiger partial charge is 0.188 e. The van der Waals surface area contributed by atoms with E-state index in [0.717, 1.165) is 17.5 Å². The van der Waals surface area contributed by atoms with Gasteiger partial charge in [0.25, 0.3) is 0 Å². The molecule has 1 aromatic rings. The van der Waals surface area contributed by atoms with Gasteiger partial charge in [0.05, 0.1) is 0 Å². The molecule has 2 heteroatoms. The second-order valence-electron chi connectivity index (χ2n) is 5.54. The van der Waals surface area contributed by atoms with Crippen LogP contribution in [0.25, 0.3) is 0 Å². The van der Waals surface area contributed by atoms with Crippen LogP contribution in [0.4, 0.5) is 0 Å². The molecule has 0 bridgehead atoms. The van der Waals surface area contributed by atoms with Crippen molar-refractivity contribution in [1.29, 1.82) is 0 Å². The summed E-state index contributed by atoms with van der Waals surface area (Å²) in [6.07, 6.45) is 7.47. The molecule has 0 N–H and O–H groups in total. The van der Waals surface area contributed by atoms with Crippen molar-refractivity contribution in [3.63, 3.8) is 0 Å². The quantitative estimate of drug-likeness (QED) is 0.450. The highest BCUT2D eigenvalue weighted by atomic mass is 16.5. The van der Waals surface area contributed by atoms with Crippen LogP contribution in [-0.4, -0.2) is 19.0 Å². The highest BCUT2D eigenvalue weighted by Gasteiger charge is 2.06. The Bertz CT molecular complexity index is 410. The third kappa shape index (κ3) is 6.33. The van der Waals surface area contributed by atoms with E-state index in [1.54, 1.807) is 0 Å². The van der Waals surface area contributed by atoms with Gasteiger partial charge >= 0.3 is 0 Å². The average Bonchev–Trinajstić information content (AvgIpc) is 2.44. The predicted octanol–water partition coefficient (Wildman–Crippen LogP) is 4.86. The highest BCUT2D eigenvalue weighted by molar-refractivity contribution is 5.97. The van der Waals surface area contributed by atoms with Gasteiger partial charge in [-0.25, -0.2) is 0 Å². The minimum atomic E-state index is 0.0825. The first kappa shape index (κ1) is 16.9. The number of carbonyl (C=O) groups excluding carboxylic acids is 1. The molecule has 0 spiro atoms. The maximum absolute atomic E-state index is 12.0. The SMILES string of the molecule is CCCCCCCCOCC(=O)c1ccc(C)c(C)c1. The zero-order valence-corrected chi connectivity index (χ0v) is 13.2. The van der Waals surface area contributed by atoms with Crippen LogP contribution < -0.4 is 0 Å². The molecule has 0 heterocycles. The van der Waals surface area contributed by atoms with Crippen molar-refractivity contribution in [3.8, 4) is 0 Å². The Hall–Kier alpha value is -1.15. The minimum Gasteiger partial charge on any atom is -0.373 e. The van der Waals surface area contributed by atoms with Gasteiger partial charge in [-0.2, -0.15) is 0 Å². The number of carbonyl (C=O) groups is 1. The summed E-state index contributed by atoms with van der Waals surface area (Å²) in [6, 6.07) is 5.83. The van der Waals surface area contributed by atoms with Crippen LogP contribution in [0, 0.1) is 13.8 Å². The fraction of sp³-hybridized carbons (Fsp3) is 0.611. The number of ether oxygens (including phenoxy) is 1. The zero-order valence-electron chi connectivity index (χ0n) is 13.2. The maximum Gasteiger partial charge on any atom is 0.188 e. The Labute approximate surface area is 123 Å². The lowest BCUT2D eigenvalue weighted by atomic mass is 10.0. The van der Waals surface area contributed by atoms with Gasteiger partial charge in [-0.05, 0) is 37.5 Å². The summed E-state index contributed by atoms with van der Waals surface area (Å²) < 4.78 is 5.48. The zero-order chi connectivity index (χ0) is 14.8. The third-order valence-electron chi connectivity index (χ3n) is 3.70. The minimum absolute atomic E-state index is 0.0825. The summed E-state index contributed by atoms with van der Waals surface area (Å²) in [4.78, 5) is 12.0. The summed E-state index contributed by atoms with van der Waals surface area (Å²) in [6.45, 7) is 7.21. The summed E-state index contributed by atoms with van der Waals surface area (Å²) in [5.41, 5.74) is 3.14. The van der Waals surface area contributed by atoms with Crippen LogP contribution in [0.1, 0.15) is 66.9 Å². The number of aryl methyl sites for hydroxylation is 2. The Morgan fingerprint density at radius 3 is 2.40 bits per heavy atom. The number of unbranched alkanes of at least 4 members (excludes halogenated alkanes) is 5. The van der Waals surface area contributed by atoms with Gasteiger partial charge in [-0.15, -0.1) is 0 Å². The van der Waals surface area contributed by atoms with Crippen molar-refractivity contribution >= 4 is 5.78 Å². The van der Waals surface area contributed by atoms with Gasteiger partial charge < -0.3 is 4.74 Å². The molecule has 0 unspecified atom stereocenters. The van der Waals surface area contributed by atoms with Gasteiger partial charge in [0.2, 0.25) is 0 Å². The molecule has 0 radical (unpaired) electrons. The molecule has 0 fully saturated rings. The van der Waals surface area contributed by atoms with E-state index in [1.807, 2.05) is 25.1 Å². The number of rotatable bonds is 10. The molecule has 0 saturated carbocycles. The lowest BCUT2D eigenvalue weighted by molar-refractivity contribution is 0.0752. The van der Waals surface area contributed by atoms with Crippen molar-refractivity contribution < 1.29 is 9.53 Å². The summed E-state index contributed by atoms with van der Waals surface area (Å²) in [5, 5.41) is 0. The summed E-state index contributed by atoms with van der Waals surface area (Å²) in [7, 11) is 0. The molecule has 0 atom stereocenters. The average molecular weight is 276 g/mol. The molecule has 0 aliphatic heterocycles. The van der Waals surface area contributed by atoms with Crippen LogP contribution in [0.3, 0.4) is 0 Å². The predicted molar refractivity (Wildman–Crippen MR) is 84.4 cm³/mol. The molecule has 0 aliphatic carbocycles. The molecule has 20 heavy (non-hydrogen) atoms. The van der Waals surface area contributed by atoms with E-state index in [0.29, 0.717) is 6.61 Å². The maximum atomic E-state index is 12.0. The Kier molecular flexibility index (Phi) is 8.20. The molecule has 0 aromatic heterocycles. The van der Waals surface area contributed by atoms with Crippen molar-refractivity contribution in [3.05, 3.63) is 34.9 Å². The van der Waals surface area contributed by atoms with E-state index in [-0.39, 0.29) is 12.4 Å². The molecule has 1 aromatic carbocycles. The largest absolute Gasteiger partial charge is 0.373 e. The van der Waals surface area contributed by atoms with Crippen molar-refractivity contribution in [2.75, 3.05) is 13.2 Å². The number of hydrogen-bond donors (Lipinski definition) is 0. The lowest BCUT2D eigenvalue weighted by Gasteiger charge is -2.06. The van der Waals surface area contributed by atoms with Crippen LogP contribution in [0.5, 0.6) is 0 Å². The van der Waals surface area contributed by atoms with E-state index in [9.17, 15) is 4.79 Å². The number of benzene rings is 1. The van der Waals surface area contributed by atoms with Gasteiger partial charge in [0.1, 0.15) is 6.61 Å². The second kappa shape index (κ2) is 9.71. The highest BCUT2D eigenvalue weighted by Crippen LogP contribution is 2.11. The fourth-order valence-corrected chi connectivity index (χ4v) is 2.15. The molecular formula is C18H28O2. The number of ketones is 1. The van der Waals surface area contributed by atoms with Gasteiger partial charge in [-0.3, -0.25) is 4.79 Å². The first-order valence-corrected chi connectivity index (χ1v) is 7.83. The summed E-state index contributed by atoms with van der Waals surface area (Å²) in [5.74, 6) is 0.0825. The van der Waals surface area contributed by atoms with E-state index >= 15 is 0 Å². The monoisotopic (exact) mass is 276 g/mol. The van der Waals surface area contributed by atoms with Gasteiger partial charge in [0, 0.05) is 12.2 Å². The van der Waals surface area contributed by atoms with Gasteiger partial charge in [0.15, 0.2) is 5.78 Å². The topological polar surface area (TPSA) is 26.3 Å². The molecule has 1 rings (SSSR count). The Balaban J connectivity index is 2.15. The van der Waals surface area contributed by atoms with E-state index in [1.165, 1.54) is 37.7 Å². The van der Waals surface area contributed by atoms with Crippen molar-refractivity contribution in [2.45, 2.75) is 59.3 Å². The summed E-state index contributed by atoms with van der Waals surface area (Å²) >= 11 is 0. The lowest BCUT2D eigenvalue weighted by Crippen LogP contribution is -2.10. The first-order chi connectivity index (χ1) is 9.65. The van der Waals surface area contributed by atoms with Crippen LogP contribution >= 0.6 is 0 Å². The van der Waals surface area contributed by atoms with Crippen LogP contribution in [0.15, 0.2) is 18.2 Å². The third-order valence-corrected chi connectivity index (χ3v) is 3.70. The second-order valence-corrected chi connectivity index (χ2v) is 5.54. The number of hydrogen-bond acceptors (Lipinski definition) is 2. The molecule has 0 aliphatic rings. The molecule has 112 valence electrons. The molecular weight excluding hydrogens is 248 g/mol. The normalized spacial score (nSPS) is 10.8. The molecule has 0 saturated heterocycles. The van der Waals surface area contributed by atoms with E-state index < -0.39 is 0 Å². The first-order valence-electron chi connectivity index (χ1n) is 7.83. The van der Waals surface area contributed by atoms with E-state index in [2.05, 4.69) is 13.8 Å². The van der Waals surface area contributed by atoms with Gasteiger partial charge in [-0.1, -0.05) is 51.2 Å². The van der Waals surface area contributed by atoms with E-state index in [4.69, 9.17) is 4.74 Å². The van der Waals surface area contributed by atoms with Crippen LogP contribution in [0.2, 0.25) is 0 Å². The Morgan fingerprint density at radius 1 is 1.00 bits per heavy atom. The van der Waals surface area contributed by atoms with Crippen LogP contribution in [-0.2, 0) is 4.74 Å². The van der Waals surface area contributed by atoms with Crippen molar-refractivity contribution in [2.24, 2.45) is 0 Å². The Morgan fingerprint density at radius 2 is 1.70 bits per heavy atom. The molecule has 2 nitrogen and oxygen atoms in total. The fourth-order valence-electron chi connectivity index (χ4n) is 2.15. The standard InChI is InChI=1S/C18H28O2/c1-4-5-6-7-8-9-12-20-14-18(19)17-11-10-15(2)16(3)13-17/h10-11,13H,4-9,12,14H2,1-3H3. The molecule has 0 amide bonds. The van der Waals surface area contributed by atoms with Crippen molar-refractivity contribution in [1.82, 2.24) is 0 Å².